The Kier molecular flexibility index (Phi) is 8.62. The van der Waals surface area contributed by atoms with Crippen molar-refractivity contribution < 1.29 is 9.53 Å². The number of carbonyl (C=O) groups is 1. The molecule has 0 saturated heterocycles. The van der Waals surface area contributed by atoms with Gasteiger partial charge in [0.2, 0.25) is 0 Å². The third-order valence-electron chi connectivity index (χ3n) is 3.05. The molecule has 0 aliphatic heterocycles. The molecule has 0 aromatic rings. The van der Waals surface area contributed by atoms with Crippen molar-refractivity contribution in [3.8, 4) is 0 Å². The molecule has 0 amide bonds. The van der Waals surface area contributed by atoms with Gasteiger partial charge in [-0.2, -0.15) is 0 Å². The molecular weight excluding hydrogens is 248 g/mol. The summed E-state index contributed by atoms with van der Waals surface area (Å²) in [6.45, 7) is 13.8. The van der Waals surface area contributed by atoms with Crippen LogP contribution in [0.2, 0.25) is 0 Å². The molecule has 2 nitrogen and oxygen atoms in total. The van der Waals surface area contributed by atoms with Gasteiger partial charge in [0.25, 0.3) is 0 Å². The number of esters is 1. The number of allylic oxidation sites excluding steroid dienone is 6. The van der Waals surface area contributed by atoms with Crippen LogP contribution in [0, 0.1) is 0 Å². The molecule has 112 valence electrons. The number of hydrogen-bond donors (Lipinski definition) is 0. The molecular formula is C18H28O2. The van der Waals surface area contributed by atoms with Crippen LogP contribution in [-0.2, 0) is 9.53 Å². The van der Waals surface area contributed by atoms with Gasteiger partial charge in [0.05, 0.1) is 0 Å². The van der Waals surface area contributed by atoms with Crippen LogP contribution >= 0.6 is 0 Å². The molecule has 0 bridgehead atoms. The molecule has 0 N–H and O–H groups in total. The molecule has 0 aromatic carbocycles. The average Bonchev–Trinajstić information content (AvgIpc) is 2.33. The van der Waals surface area contributed by atoms with E-state index < -0.39 is 0 Å². The molecule has 2 heteroatoms. The van der Waals surface area contributed by atoms with Crippen molar-refractivity contribution in [3.63, 3.8) is 0 Å². The number of ether oxygens (including phenoxy) is 1. The minimum absolute atomic E-state index is 0.181. The Balaban J connectivity index is 4.93. The molecule has 0 rings (SSSR count). The van der Waals surface area contributed by atoms with Crippen molar-refractivity contribution in [2.75, 3.05) is 0 Å². The summed E-state index contributed by atoms with van der Waals surface area (Å²) in [7, 11) is 0. The molecule has 0 saturated carbocycles. The van der Waals surface area contributed by atoms with Crippen molar-refractivity contribution in [3.05, 3.63) is 46.6 Å². The van der Waals surface area contributed by atoms with Crippen molar-refractivity contribution in [2.24, 2.45) is 0 Å². The van der Waals surface area contributed by atoms with E-state index in [1.54, 1.807) is 0 Å². The van der Waals surface area contributed by atoms with E-state index in [4.69, 9.17) is 4.74 Å². The van der Waals surface area contributed by atoms with Gasteiger partial charge in [-0.25, -0.2) is 0 Å². The van der Waals surface area contributed by atoms with E-state index in [-0.39, 0.29) is 12.1 Å². The molecule has 0 aliphatic carbocycles. The van der Waals surface area contributed by atoms with Crippen molar-refractivity contribution in [1.82, 2.24) is 0 Å². The zero-order chi connectivity index (χ0) is 15.7. The highest BCUT2D eigenvalue weighted by Crippen LogP contribution is 2.14. The van der Waals surface area contributed by atoms with Gasteiger partial charge in [-0.15, -0.1) is 0 Å². The zero-order valence-corrected chi connectivity index (χ0v) is 13.9. The topological polar surface area (TPSA) is 26.3 Å². The van der Waals surface area contributed by atoms with Crippen LogP contribution in [0.3, 0.4) is 0 Å². The van der Waals surface area contributed by atoms with Gasteiger partial charge in [0.15, 0.2) is 0 Å². The maximum absolute atomic E-state index is 11.2. The van der Waals surface area contributed by atoms with E-state index in [0.29, 0.717) is 0 Å². The van der Waals surface area contributed by atoms with E-state index in [2.05, 4.69) is 32.9 Å². The van der Waals surface area contributed by atoms with Gasteiger partial charge in [-0.05, 0) is 47.1 Å². The minimum atomic E-state index is -0.241. The first-order valence-electron chi connectivity index (χ1n) is 7.03. The molecule has 1 atom stereocenters. The van der Waals surface area contributed by atoms with Gasteiger partial charge in [0, 0.05) is 13.3 Å². The fraction of sp³-hybridized carbons (Fsp3) is 0.500. The summed E-state index contributed by atoms with van der Waals surface area (Å²) >= 11 is 0. The van der Waals surface area contributed by atoms with Gasteiger partial charge in [-0.1, -0.05) is 41.0 Å². The van der Waals surface area contributed by atoms with E-state index in [1.165, 1.54) is 23.6 Å². The van der Waals surface area contributed by atoms with Crippen LogP contribution in [0.5, 0.6) is 0 Å². The Labute approximate surface area is 123 Å². The monoisotopic (exact) mass is 276 g/mol. The Morgan fingerprint density at radius 1 is 1.05 bits per heavy atom. The van der Waals surface area contributed by atoms with Gasteiger partial charge < -0.3 is 4.74 Å². The van der Waals surface area contributed by atoms with Crippen molar-refractivity contribution in [1.29, 1.82) is 0 Å². The first-order chi connectivity index (χ1) is 9.23. The fourth-order valence-electron chi connectivity index (χ4n) is 1.49. The van der Waals surface area contributed by atoms with E-state index >= 15 is 0 Å². The summed E-state index contributed by atoms with van der Waals surface area (Å²) in [6, 6.07) is 0. The van der Waals surface area contributed by atoms with Crippen molar-refractivity contribution in [2.45, 2.75) is 61.0 Å². The summed E-state index contributed by atoms with van der Waals surface area (Å²) in [5.74, 6) is -0.241. The quantitative estimate of drug-likeness (QED) is 0.382. The standard InChI is InChI=1S/C18H28O2/c1-13(2)11-12-18(20-17(7)19)16(6)10-8-9-15(5)14(3)4/h8-11,18H,12H2,1-7H3/b9-8+,16-10+. The van der Waals surface area contributed by atoms with Gasteiger partial charge in [-0.3, -0.25) is 4.79 Å². The molecule has 0 aliphatic rings. The smallest absolute Gasteiger partial charge is 0.303 e. The SMILES string of the molecule is CC(=O)OC(CC=C(C)C)/C(C)=C/C=C/C(C)=C(C)C. The highest BCUT2D eigenvalue weighted by atomic mass is 16.5. The number of rotatable bonds is 6. The van der Waals surface area contributed by atoms with E-state index in [1.807, 2.05) is 32.9 Å². The largest absolute Gasteiger partial charge is 0.458 e. The third kappa shape index (κ3) is 8.52. The van der Waals surface area contributed by atoms with Crippen LogP contribution in [0.25, 0.3) is 0 Å². The first-order valence-corrected chi connectivity index (χ1v) is 7.03. The Bertz CT molecular complexity index is 440. The maximum atomic E-state index is 11.2. The molecule has 0 aromatic heterocycles. The third-order valence-corrected chi connectivity index (χ3v) is 3.05. The number of carbonyl (C=O) groups excluding carboxylic acids is 1. The molecule has 0 fully saturated rings. The Morgan fingerprint density at radius 2 is 1.65 bits per heavy atom. The second-order valence-electron chi connectivity index (χ2n) is 5.57. The molecule has 0 heterocycles. The molecule has 20 heavy (non-hydrogen) atoms. The predicted octanol–water partition coefficient (Wildman–Crippen LogP) is 5.13. The average molecular weight is 276 g/mol. The van der Waals surface area contributed by atoms with Crippen LogP contribution in [0.15, 0.2) is 46.6 Å². The highest BCUT2D eigenvalue weighted by molar-refractivity contribution is 5.66. The molecule has 1 unspecified atom stereocenters. The Hall–Kier alpha value is -1.57. The van der Waals surface area contributed by atoms with E-state index in [9.17, 15) is 4.79 Å². The minimum Gasteiger partial charge on any atom is -0.458 e. The lowest BCUT2D eigenvalue weighted by Crippen LogP contribution is -2.17. The Morgan fingerprint density at radius 3 is 2.10 bits per heavy atom. The summed E-state index contributed by atoms with van der Waals surface area (Å²) in [5.41, 5.74) is 4.83. The predicted molar refractivity (Wildman–Crippen MR) is 86.5 cm³/mol. The number of hydrogen-bond acceptors (Lipinski definition) is 2. The van der Waals surface area contributed by atoms with Crippen LogP contribution in [-0.4, -0.2) is 12.1 Å². The fourth-order valence-corrected chi connectivity index (χ4v) is 1.49. The second-order valence-corrected chi connectivity index (χ2v) is 5.57. The lowest BCUT2D eigenvalue weighted by atomic mass is 10.1. The second kappa shape index (κ2) is 9.35. The summed E-state index contributed by atoms with van der Waals surface area (Å²) in [5, 5.41) is 0. The lowest BCUT2D eigenvalue weighted by molar-refractivity contribution is -0.144. The van der Waals surface area contributed by atoms with Crippen molar-refractivity contribution >= 4 is 5.97 Å². The summed E-state index contributed by atoms with van der Waals surface area (Å²) < 4.78 is 5.37. The molecule has 0 radical (unpaired) electrons. The van der Waals surface area contributed by atoms with Gasteiger partial charge in [0.1, 0.15) is 6.10 Å². The first kappa shape index (κ1) is 18.4. The van der Waals surface area contributed by atoms with Crippen LogP contribution < -0.4 is 0 Å². The summed E-state index contributed by atoms with van der Waals surface area (Å²) in [4.78, 5) is 11.2. The van der Waals surface area contributed by atoms with Crippen LogP contribution in [0.1, 0.15) is 54.9 Å². The molecule has 0 spiro atoms. The lowest BCUT2D eigenvalue weighted by Gasteiger charge is -2.16. The zero-order valence-electron chi connectivity index (χ0n) is 13.9. The van der Waals surface area contributed by atoms with Gasteiger partial charge >= 0.3 is 5.97 Å². The maximum Gasteiger partial charge on any atom is 0.303 e. The van der Waals surface area contributed by atoms with Crippen LogP contribution in [0.4, 0.5) is 0 Å². The normalized spacial score (nSPS) is 13.1. The summed E-state index contributed by atoms with van der Waals surface area (Å²) in [6.07, 6.45) is 8.73. The highest BCUT2D eigenvalue weighted by Gasteiger charge is 2.12. The van der Waals surface area contributed by atoms with E-state index in [0.717, 1.165) is 12.0 Å².